The summed E-state index contributed by atoms with van der Waals surface area (Å²) in [6.45, 7) is 1.84. The van der Waals surface area contributed by atoms with Crippen molar-refractivity contribution in [3.05, 3.63) is 64.7 Å². The summed E-state index contributed by atoms with van der Waals surface area (Å²) < 4.78 is 25.2. The lowest BCUT2D eigenvalue weighted by molar-refractivity contribution is 0.0940. The SMILES string of the molecule is CC(NC(=O)c1ccc(S(=O)(=O)N(C)C)cc1)c1ccccc1Cl. The van der Waals surface area contributed by atoms with Gasteiger partial charge in [0, 0.05) is 24.7 Å². The zero-order valence-electron chi connectivity index (χ0n) is 13.7. The zero-order chi connectivity index (χ0) is 17.9. The first-order valence-corrected chi connectivity index (χ1v) is 9.13. The van der Waals surface area contributed by atoms with Crippen LogP contribution in [0.4, 0.5) is 0 Å². The van der Waals surface area contributed by atoms with E-state index in [1.165, 1.54) is 38.4 Å². The lowest BCUT2D eigenvalue weighted by atomic mass is 10.1. The summed E-state index contributed by atoms with van der Waals surface area (Å²) in [6, 6.07) is 12.8. The number of halogens is 1. The Kier molecular flexibility index (Phi) is 5.64. The van der Waals surface area contributed by atoms with Gasteiger partial charge in [-0.05, 0) is 42.8 Å². The number of hydrogen-bond acceptors (Lipinski definition) is 3. The standard InChI is InChI=1S/C17H19ClN2O3S/c1-12(15-6-4-5-7-16(15)18)19-17(21)13-8-10-14(11-9-13)24(22,23)20(2)3/h4-12H,1-3H3,(H,19,21). The predicted molar refractivity (Wildman–Crippen MR) is 94.6 cm³/mol. The maximum Gasteiger partial charge on any atom is 0.251 e. The molecule has 0 saturated heterocycles. The average molecular weight is 367 g/mol. The number of amides is 1. The van der Waals surface area contributed by atoms with E-state index >= 15 is 0 Å². The van der Waals surface area contributed by atoms with Gasteiger partial charge < -0.3 is 5.32 Å². The lowest BCUT2D eigenvalue weighted by Crippen LogP contribution is -2.27. The van der Waals surface area contributed by atoms with Gasteiger partial charge in [0.1, 0.15) is 0 Å². The minimum atomic E-state index is -3.51. The Bertz CT molecular complexity index is 833. The van der Waals surface area contributed by atoms with Crippen molar-refractivity contribution in [2.75, 3.05) is 14.1 Å². The average Bonchev–Trinajstić information content (AvgIpc) is 2.55. The molecular formula is C17H19ClN2O3S. The molecule has 0 bridgehead atoms. The molecule has 128 valence electrons. The second-order valence-corrected chi connectivity index (χ2v) is 8.09. The number of carbonyl (C=O) groups excluding carboxylic acids is 1. The largest absolute Gasteiger partial charge is 0.345 e. The second-order valence-electron chi connectivity index (χ2n) is 5.53. The molecule has 1 atom stereocenters. The molecule has 2 rings (SSSR count). The Labute approximate surface area is 147 Å². The zero-order valence-corrected chi connectivity index (χ0v) is 15.2. The Hall–Kier alpha value is -1.89. The molecule has 0 spiro atoms. The number of hydrogen-bond donors (Lipinski definition) is 1. The quantitative estimate of drug-likeness (QED) is 0.884. The van der Waals surface area contributed by atoms with Crippen LogP contribution in [0.5, 0.6) is 0 Å². The van der Waals surface area contributed by atoms with Gasteiger partial charge >= 0.3 is 0 Å². The van der Waals surface area contributed by atoms with Gasteiger partial charge in [-0.2, -0.15) is 0 Å². The molecule has 2 aromatic rings. The van der Waals surface area contributed by atoms with Crippen LogP contribution in [0.15, 0.2) is 53.4 Å². The molecular weight excluding hydrogens is 348 g/mol. The summed E-state index contributed by atoms with van der Waals surface area (Å²) in [6.07, 6.45) is 0. The van der Waals surface area contributed by atoms with Crippen molar-refractivity contribution >= 4 is 27.5 Å². The molecule has 0 aliphatic heterocycles. The smallest absolute Gasteiger partial charge is 0.251 e. The highest BCUT2D eigenvalue weighted by molar-refractivity contribution is 7.89. The maximum atomic E-state index is 12.3. The molecule has 7 heteroatoms. The molecule has 0 aliphatic carbocycles. The van der Waals surface area contributed by atoms with E-state index in [0.717, 1.165) is 9.87 Å². The third kappa shape index (κ3) is 3.95. The van der Waals surface area contributed by atoms with Crippen molar-refractivity contribution in [1.29, 1.82) is 0 Å². The van der Waals surface area contributed by atoms with Gasteiger partial charge in [-0.1, -0.05) is 29.8 Å². The Balaban J connectivity index is 2.15. The molecule has 0 heterocycles. The molecule has 5 nitrogen and oxygen atoms in total. The van der Waals surface area contributed by atoms with Gasteiger partial charge in [0.2, 0.25) is 10.0 Å². The summed E-state index contributed by atoms with van der Waals surface area (Å²) in [5.74, 6) is -0.295. The Morgan fingerprint density at radius 2 is 1.67 bits per heavy atom. The monoisotopic (exact) mass is 366 g/mol. The van der Waals surface area contributed by atoms with E-state index in [0.29, 0.717) is 10.6 Å². The normalized spacial score (nSPS) is 12.9. The summed E-state index contributed by atoms with van der Waals surface area (Å²) in [5.41, 5.74) is 1.20. The maximum absolute atomic E-state index is 12.3. The number of sulfonamides is 1. The van der Waals surface area contributed by atoms with Crippen molar-refractivity contribution in [1.82, 2.24) is 9.62 Å². The fourth-order valence-electron chi connectivity index (χ4n) is 2.17. The van der Waals surface area contributed by atoms with E-state index in [1.807, 2.05) is 25.1 Å². The fourth-order valence-corrected chi connectivity index (χ4v) is 3.37. The van der Waals surface area contributed by atoms with Crippen LogP contribution in [0.25, 0.3) is 0 Å². The highest BCUT2D eigenvalue weighted by Crippen LogP contribution is 2.22. The highest BCUT2D eigenvalue weighted by Gasteiger charge is 2.18. The van der Waals surface area contributed by atoms with Crippen LogP contribution in [0.3, 0.4) is 0 Å². The molecule has 0 saturated carbocycles. The van der Waals surface area contributed by atoms with E-state index < -0.39 is 10.0 Å². The first kappa shape index (κ1) is 18.4. The van der Waals surface area contributed by atoms with E-state index in [-0.39, 0.29) is 16.8 Å². The topological polar surface area (TPSA) is 66.5 Å². The molecule has 1 unspecified atom stereocenters. The number of benzene rings is 2. The van der Waals surface area contributed by atoms with Crippen LogP contribution in [-0.4, -0.2) is 32.7 Å². The lowest BCUT2D eigenvalue weighted by Gasteiger charge is -2.16. The van der Waals surface area contributed by atoms with Crippen LogP contribution >= 0.6 is 11.6 Å². The van der Waals surface area contributed by atoms with Gasteiger partial charge in [0.05, 0.1) is 10.9 Å². The van der Waals surface area contributed by atoms with E-state index in [2.05, 4.69) is 5.32 Å². The van der Waals surface area contributed by atoms with Gasteiger partial charge in [0.15, 0.2) is 0 Å². The third-order valence-electron chi connectivity index (χ3n) is 3.61. The Morgan fingerprint density at radius 1 is 1.08 bits per heavy atom. The van der Waals surface area contributed by atoms with Gasteiger partial charge in [0.25, 0.3) is 5.91 Å². The van der Waals surface area contributed by atoms with Gasteiger partial charge in [-0.15, -0.1) is 0 Å². The van der Waals surface area contributed by atoms with E-state index in [9.17, 15) is 13.2 Å². The van der Waals surface area contributed by atoms with Crippen molar-refractivity contribution in [3.63, 3.8) is 0 Å². The number of carbonyl (C=O) groups is 1. The van der Waals surface area contributed by atoms with Crippen molar-refractivity contribution in [2.45, 2.75) is 17.9 Å². The van der Waals surface area contributed by atoms with Crippen molar-refractivity contribution < 1.29 is 13.2 Å². The summed E-state index contributed by atoms with van der Waals surface area (Å²) in [5, 5.41) is 3.43. The van der Waals surface area contributed by atoms with Crippen LogP contribution in [-0.2, 0) is 10.0 Å². The predicted octanol–water partition coefficient (Wildman–Crippen LogP) is 3.08. The van der Waals surface area contributed by atoms with Crippen LogP contribution < -0.4 is 5.32 Å². The molecule has 1 amide bonds. The Morgan fingerprint density at radius 3 is 2.21 bits per heavy atom. The minimum Gasteiger partial charge on any atom is -0.345 e. The van der Waals surface area contributed by atoms with E-state index in [1.54, 1.807) is 6.07 Å². The van der Waals surface area contributed by atoms with Crippen LogP contribution in [0.2, 0.25) is 5.02 Å². The van der Waals surface area contributed by atoms with Gasteiger partial charge in [-0.25, -0.2) is 12.7 Å². The fraction of sp³-hybridized carbons (Fsp3) is 0.235. The first-order valence-electron chi connectivity index (χ1n) is 7.31. The van der Waals surface area contributed by atoms with Gasteiger partial charge in [-0.3, -0.25) is 4.79 Å². The number of rotatable bonds is 5. The summed E-state index contributed by atoms with van der Waals surface area (Å²) in [7, 11) is -0.588. The molecule has 0 fully saturated rings. The number of nitrogens with one attached hydrogen (secondary N) is 1. The van der Waals surface area contributed by atoms with Crippen LogP contribution in [0.1, 0.15) is 28.9 Å². The third-order valence-corrected chi connectivity index (χ3v) is 5.79. The van der Waals surface area contributed by atoms with Crippen molar-refractivity contribution in [2.24, 2.45) is 0 Å². The molecule has 1 N–H and O–H groups in total. The molecule has 0 radical (unpaired) electrons. The highest BCUT2D eigenvalue weighted by atomic mass is 35.5. The minimum absolute atomic E-state index is 0.142. The second kappa shape index (κ2) is 7.34. The molecule has 2 aromatic carbocycles. The van der Waals surface area contributed by atoms with Crippen LogP contribution in [0, 0.1) is 0 Å². The summed E-state index contributed by atoms with van der Waals surface area (Å²) >= 11 is 6.13. The molecule has 0 aliphatic rings. The summed E-state index contributed by atoms with van der Waals surface area (Å²) in [4.78, 5) is 12.5. The van der Waals surface area contributed by atoms with E-state index in [4.69, 9.17) is 11.6 Å². The molecule has 24 heavy (non-hydrogen) atoms. The first-order chi connectivity index (χ1) is 11.2. The number of nitrogens with zero attached hydrogens (tertiary/aromatic N) is 1. The van der Waals surface area contributed by atoms with Crippen molar-refractivity contribution in [3.8, 4) is 0 Å². The molecule has 0 aromatic heterocycles.